The number of aromatic nitrogens is 2. The molecule has 2 aromatic heterocycles. The first-order valence-electron chi connectivity index (χ1n) is 18.2. The summed E-state index contributed by atoms with van der Waals surface area (Å²) in [5, 5.41) is 10.4. The molecule has 51 heavy (non-hydrogen) atoms. The number of rotatable bonds is 9. The highest BCUT2D eigenvalue weighted by atomic mass is 32.1. The summed E-state index contributed by atoms with van der Waals surface area (Å²) in [6, 6.07) is 48.6. The number of thiocarbonyl (C=S) groups is 1. The third-order valence-corrected chi connectivity index (χ3v) is 10.9. The second-order valence-corrected chi connectivity index (χ2v) is 14.5. The Hall–Kier alpha value is -5.17. The van der Waals surface area contributed by atoms with E-state index in [1.54, 1.807) is 0 Å². The molecule has 2 heterocycles. The third kappa shape index (κ3) is 6.69. The molecule has 1 aliphatic carbocycles. The molecule has 6 heteroatoms. The Balaban J connectivity index is 1.23. The molecule has 0 radical (unpaired) electrons. The number of hydrogen-bond acceptors (Lipinski definition) is 2. The van der Waals surface area contributed by atoms with Crippen molar-refractivity contribution in [2.45, 2.75) is 50.1 Å². The van der Waals surface area contributed by atoms with Gasteiger partial charge in [0.1, 0.15) is 0 Å². The van der Waals surface area contributed by atoms with E-state index in [-0.39, 0.29) is 5.92 Å². The van der Waals surface area contributed by atoms with Gasteiger partial charge in [-0.15, -0.1) is 0 Å². The minimum absolute atomic E-state index is 0.0134. The zero-order chi connectivity index (χ0) is 34.7. The lowest BCUT2D eigenvalue weighted by molar-refractivity contribution is 0.190. The highest BCUT2D eigenvalue weighted by Gasteiger charge is 2.29. The van der Waals surface area contributed by atoms with Crippen LogP contribution in [0.25, 0.3) is 32.9 Å². The maximum Gasteiger partial charge on any atom is 0.171 e. The first kappa shape index (κ1) is 33.0. The van der Waals surface area contributed by atoms with Crippen molar-refractivity contribution in [2.75, 3.05) is 19.4 Å². The lowest BCUT2D eigenvalue weighted by Gasteiger charge is -2.37. The van der Waals surface area contributed by atoms with Gasteiger partial charge in [-0.2, -0.15) is 0 Å². The molecule has 7 aromatic rings. The molecule has 1 fully saturated rings. The van der Waals surface area contributed by atoms with E-state index in [0.717, 1.165) is 23.1 Å². The topological polar surface area (TPSA) is 58.9 Å². The summed E-state index contributed by atoms with van der Waals surface area (Å²) in [7, 11) is 4.35. The Bertz CT molecular complexity index is 2230. The average molecular weight is 688 g/mol. The van der Waals surface area contributed by atoms with Gasteiger partial charge in [-0.3, -0.25) is 0 Å². The van der Waals surface area contributed by atoms with E-state index in [4.69, 9.17) is 12.2 Å². The highest BCUT2D eigenvalue weighted by molar-refractivity contribution is 7.80. The normalized spacial score (nSPS) is 16.2. The third-order valence-electron chi connectivity index (χ3n) is 10.7. The molecule has 1 saturated carbocycles. The molecule has 2 unspecified atom stereocenters. The second kappa shape index (κ2) is 14.6. The summed E-state index contributed by atoms with van der Waals surface area (Å²) in [6.07, 6.45) is 5.53. The number of para-hydroxylation sites is 3. The molecule has 4 N–H and O–H groups in total. The van der Waals surface area contributed by atoms with Gasteiger partial charge in [0.05, 0.1) is 0 Å². The second-order valence-electron chi connectivity index (χ2n) is 14.1. The summed E-state index contributed by atoms with van der Waals surface area (Å²) in [6.45, 7) is 0. The summed E-state index contributed by atoms with van der Waals surface area (Å²) in [5.41, 5.74) is 11.8. The van der Waals surface area contributed by atoms with Gasteiger partial charge in [0.15, 0.2) is 5.11 Å². The summed E-state index contributed by atoms with van der Waals surface area (Å²) >= 11 is 5.96. The van der Waals surface area contributed by atoms with E-state index >= 15 is 0 Å². The Morgan fingerprint density at radius 3 is 1.94 bits per heavy atom. The Morgan fingerprint density at radius 1 is 0.686 bits per heavy atom. The van der Waals surface area contributed by atoms with Crippen LogP contribution in [0.15, 0.2) is 133 Å². The fourth-order valence-electron chi connectivity index (χ4n) is 8.29. The Kier molecular flexibility index (Phi) is 9.44. The fourth-order valence-corrected chi connectivity index (χ4v) is 8.55. The molecule has 5 aromatic carbocycles. The van der Waals surface area contributed by atoms with Gasteiger partial charge in [0.25, 0.3) is 0 Å². The average Bonchev–Trinajstić information content (AvgIpc) is 3.70. The Labute approximate surface area is 306 Å². The van der Waals surface area contributed by atoms with Crippen LogP contribution in [-0.2, 0) is 6.42 Å². The molecular weight excluding hydrogens is 643 g/mol. The van der Waals surface area contributed by atoms with Crippen molar-refractivity contribution >= 4 is 44.8 Å². The van der Waals surface area contributed by atoms with Crippen LogP contribution >= 0.6 is 12.2 Å². The van der Waals surface area contributed by atoms with E-state index in [9.17, 15) is 0 Å². The molecule has 0 amide bonds. The van der Waals surface area contributed by atoms with Crippen molar-refractivity contribution in [1.29, 1.82) is 0 Å². The Morgan fingerprint density at radius 2 is 1.25 bits per heavy atom. The van der Waals surface area contributed by atoms with Gasteiger partial charge in [-0.05, 0) is 74.0 Å². The first-order valence-corrected chi connectivity index (χ1v) is 18.6. The van der Waals surface area contributed by atoms with Gasteiger partial charge in [0, 0.05) is 74.4 Å². The summed E-state index contributed by atoms with van der Waals surface area (Å²) < 4.78 is 0. The molecule has 0 saturated heterocycles. The maximum absolute atomic E-state index is 5.96. The largest absolute Gasteiger partial charge is 0.358 e. The van der Waals surface area contributed by atoms with Crippen LogP contribution in [0.1, 0.15) is 59.7 Å². The van der Waals surface area contributed by atoms with E-state index in [2.05, 4.69) is 173 Å². The predicted molar refractivity (Wildman–Crippen MR) is 218 cm³/mol. The van der Waals surface area contributed by atoms with Crippen LogP contribution in [0.2, 0.25) is 0 Å². The lowest BCUT2D eigenvalue weighted by Crippen LogP contribution is -2.52. The van der Waals surface area contributed by atoms with Crippen molar-refractivity contribution < 1.29 is 0 Å². The zero-order valence-electron chi connectivity index (χ0n) is 29.3. The molecule has 5 nitrogen and oxygen atoms in total. The molecule has 0 bridgehead atoms. The van der Waals surface area contributed by atoms with Gasteiger partial charge >= 0.3 is 0 Å². The zero-order valence-corrected chi connectivity index (χ0v) is 30.1. The smallest absolute Gasteiger partial charge is 0.171 e. The van der Waals surface area contributed by atoms with Crippen LogP contribution in [-0.4, -0.2) is 46.2 Å². The number of nitrogens with zero attached hydrogens (tertiary/aromatic N) is 1. The van der Waals surface area contributed by atoms with Crippen LogP contribution < -0.4 is 10.6 Å². The van der Waals surface area contributed by atoms with Crippen LogP contribution in [0, 0.1) is 0 Å². The monoisotopic (exact) mass is 687 g/mol. The lowest BCUT2D eigenvalue weighted by atomic mass is 9.84. The van der Waals surface area contributed by atoms with E-state index in [1.165, 1.54) is 69.2 Å². The summed E-state index contributed by atoms with van der Waals surface area (Å²) in [4.78, 5) is 10.2. The van der Waals surface area contributed by atoms with Gasteiger partial charge < -0.3 is 25.5 Å². The highest BCUT2D eigenvalue weighted by Crippen LogP contribution is 2.46. The fraction of sp³-hybridized carbons (Fsp3) is 0.222. The van der Waals surface area contributed by atoms with Gasteiger partial charge in [-0.1, -0.05) is 128 Å². The number of fused-ring (bicyclic) bond motifs is 2. The van der Waals surface area contributed by atoms with Crippen molar-refractivity contribution in [3.63, 3.8) is 0 Å². The minimum Gasteiger partial charge on any atom is -0.358 e. The van der Waals surface area contributed by atoms with Crippen molar-refractivity contribution in [3.05, 3.63) is 162 Å². The van der Waals surface area contributed by atoms with E-state index < -0.39 is 0 Å². The first-order chi connectivity index (χ1) is 25.0. The molecule has 1 aliphatic rings. The maximum atomic E-state index is 5.96. The number of H-pyrrole nitrogens is 2. The quantitative estimate of drug-likeness (QED) is 0.114. The number of benzene rings is 5. The van der Waals surface area contributed by atoms with Gasteiger partial charge in [0.2, 0.25) is 0 Å². The molecule has 8 rings (SSSR count). The van der Waals surface area contributed by atoms with Crippen molar-refractivity contribution in [3.8, 4) is 11.1 Å². The predicted octanol–water partition coefficient (Wildman–Crippen LogP) is 10.2. The molecular formula is C45H45N5S. The van der Waals surface area contributed by atoms with E-state index in [0.29, 0.717) is 23.6 Å². The van der Waals surface area contributed by atoms with Crippen molar-refractivity contribution in [1.82, 2.24) is 20.2 Å². The summed E-state index contributed by atoms with van der Waals surface area (Å²) in [5.74, 6) is 0.0134. The van der Waals surface area contributed by atoms with Gasteiger partial charge in [-0.25, -0.2) is 0 Å². The van der Waals surface area contributed by atoms with Crippen LogP contribution in [0.5, 0.6) is 0 Å². The number of likely N-dealkylation sites (N-methyl/N-ethyl adjacent to an activating group) is 1. The molecule has 256 valence electrons. The SMILES string of the molecule is CN(C)C1CCCCC1NC(=S)Nc1ccccc1Cc1[nH]c2ccccc2c1-c1c(C(c2ccccc2)c2ccccc2)[nH]c2ccccc12. The van der Waals surface area contributed by atoms with Crippen LogP contribution in [0.3, 0.4) is 0 Å². The standard InChI is InChI=1S/C45H45N5S/c1-50(2)40-28-16-15-27-38(40)49-45(51)48-35-24-12-9-21-32(35)29-39-42(33-22-10-13-25-36(33)46-39)43-34-23-11-14-26-37(34)47-44(43)41(30-17-5-3-6-18-30)31-19-7-4-8-20-31/h3-14,17-26,38,40-41,46-47H,15-16,27-29H2,1-2H3,(H2,48,49,51). The van der Waals surface area contributed by atoms with E-state index in [1.807, 2.05) is 0 Å². The van der Waals surface area contributed by atoms with Crippen LogP contribution in [0.4, 0.5) is 5.69 Å². The van der Waals surface area contributed by atoms with Crippen molar-refractivity contribution in [2.24, 2.45) is 0 Å². The molecule has 0 spiro atoms. The number of aromatic amines is 2. The number of anilines is 1. The molecule has 0 aliphatic heterocycles. The minimum atomic E-state index is 0.0134. The molecule has 2 atom stereocenters. The number of hydrogen-bond donors (Lipinski definition) is 4. The number of nitrogens with one attached hydrogen (secondary N) is 4.